The third-order valence-electron chi connectivity index (χ3n) is 3.46. The second-order valence-electron chi connectivity index (χ2n) is 5.03. The van der Waals surface area contributed by atoms with Crippen LogP contribution in [0, 0.1) is 13.8 Å². The van der Waals surface area contributed by atoms with Gasteiger partial charge in [0.25, 0.3) is 0 Å². The number of Topliss-reactive ketones (excluding diaryl/α,β-unsaturated/α-hetero) is 1. The Kier molecular flexibility index (Phi) is 5.12. The lowest BCUT2D eigenvalue weighted by atomic mass is 10.0. The molecule has 0 spiro atoms. The van der Waals surface area contributed by atoms with Gasteiger partial charge in [-0.1, -0.05) is 34.1 Å². The summed E-state index contributed by atoms with van der Waals surface area (Å²) in [6, 6.07) is 7.78. The standard InChI is InChI=1S/C17H18BrNO2/c1-11-10-19-16(12(2)17(11)21-3)9-14(20)8-13-6-4-5-7-15(13)18/h4-7,10H,8-9H2,1-3H3. The minimum Gasteiger partial charge on any atom is -0.496 e. The fraction of sp³-hybridized carbons (Fsp3) is 0.294. The second kappa shape index (κ2) is 6.85. The van der Waals surface area contributed by atoms with Crippen LogP contribution in [0.25, 0.3) is 0 Å². The second-order valence-corrected chi connectivity index (χ2v) is 5.88. The number of methoxy groups -OCH3 is 1. The fourth-order valence-electron chi connectivity index (χ4n) is 2.35. The summed E-state index contributed by atoms with van der Waals surface area (Å²) in [4.78, 5) is 16.6. The van der Waals surface area contributed by atoms with Crippen molar-refractivity contribution in [2.45, 2.75) is 26.7 Å². The molecule has 0 bridgehead atoms. The zero-order valence-electron chi connectivity index (χ0n) is 12.4. The highest BCUT2D eigenvalue weighted by atomic mass is 79.9. The molecular formula is C17H18BrNO2. The number of halogens is 1. The molecule has 0 radical (unpaired) electrons. The summed E-state index contributed by atoms with van der Waals surface area (Å²) in [6.45, 7) is 3.89. The van der Waals surface area contributed by atoms with E-state index in [1.165, 1.54) is 0 Å². The van der Waals surface area contributed by atoms with Crippen molar-refractivity contribution in [1.29, 1.82) is 0 Å². The minimum absolute atomic E-state index is 0.142. The van der Waals surface area contributed by atoms with Crippen molar-refractivity contribution in [2.75, 3.05) is 7.11 Å². The van der Waals surface area contributed by atoms with Crippen LogP contribution in [0.15, 0.2) is 34.9 Å². The number of pyridine rings is 1. The summed E-state index contributed by atoms with van der Waals surface area (Å²) in [6.07, 6.45) is 2.48. The van der Waals surface area contributed by atoms with E-state index in [1.54, 1.807) is 13.3 Å². The SMILES string of the molecule is COc1c(C)cnc(CC(=O)Cc2ccccc2Br)c1C. The van der Waals surface area contributed by atoms with Gasteiger partial charge in [-0.15, -0.1) is 0 Å². The quantitative estimate of drug-likeness (QED) is 0.825. The van der Waals surface area contributed by atoms with Crippen molar-refractivity contribution in [3.8, 4) is 5.75 Å². The van der Waals surface area contributed by atoms with Gasteiger partial charge in [-0.2, -0.15) is 0 Å². The summed E-state index contributed by atoms with van der Waals surface area (Å²) in [5.41, 5.74) is 3.71. The highest BCUT2D eigenvalue weighted by Crippen LogP contribution is 2.25. The van der Waals surface area contributed by atoms with E-state index in [4.69, 9.17) is 4.74 Å². The number of aryl methyl sites for hydroxylation is 1. The average Bonchev–Trinajstić information content (AvgIpc) is 2.45. The highest BCUT2D eigenvalue weighted by molar-refractivity contribution is 9.10. The lowest BCUT2D eigenvalue weighted by Gasteiger charge is -2.12. The normalized spacial score (nSPS) is 10.5. The number of benzene rings is 1. The average molecular weight is 348 g/mol. The van der Waals surface area contributed by atoms with Gasteiger partial charge < -0.3 is 4.74 Å². The predicted octanol–water partition coefficient (Wildman–Crippen LogP) is 3.82. The molecule has 2 aromatic rings. The molecular weight excluding hydrogens is 330 g/mol. The Morgan fingerprint density at radius 1 is 1.24 bits per heavy atom. The van der Waals surface area contributed by atoms with Gasteiger partial charge in [0.15, 0.2) is 0 Å². The third kappa shape index (κ3) is 3.70. The van der Waals surface area contributed by atoms with E-state index in [1.807, 2.05) is 38.1 Å². The third-order valence-corrected chi connectivity index (χ3v) is 4.23. The number of hydrogen-bond donors (Lipinski definition) is 0. The molecule has 0 atom stereocenters. The van der Waals surface area contributed by atoms with E-state index in [2.05, 4.69) is 20.9 Å². The molecule has 0 saturated carbocycles. The molecule has 0 amide bonds. The molecule has 1 aromatic carbocycles. The Morgan fingerprint density at radius 3 is 2.62 bits per heavy atom. The fourth-order valence-corrected chi connectivity index (χ4v) is 2.78. The van der Waals surface area contributed by atoms with Crippen molar-refractivity contribution >= 4 is 21.7 Å². The maximum Gasteiger partial charge on any atom is 0.143 e. The van der Waals surface area contributed by atoms with Gasteiger partial charge in [0.2, 0.25) is 0 Å². The molecule has 21 heavy (non-hydrogen) atoms. The summed E-state index contributed by atoms with van der Waals surface area (Å²) in [5.74, 6) is 0.956. The largest absolute Gasteiger partial charge is 0.496 e. The highest BCUT2D eigenvalue weighted by Gasteiger charge is 2.14. The number of carbonyl (C=O) groups excluding carboxylic acids is 1. The Bertz CT molecular complexity index is 668. The topological polar surface area (TPSA) is 39.2 Å². The van der Waals surface area contributed by atoms with Gasteiger partial charge in [-0.05, 0) is 25.5 Å². The van der Waals surface area contributed by atoms with Crippen molar-refractivity contribution < 1.29 is 9.53 Å². The first-order valence-corrected chi connectivity index (χ1v) is 7.56. The van der Waals surface area contributed by atoms with Crippen molar-refractivity contribution in [3.05, 3.63) is 57.3 Å². The number of hydrogen-bond acceptors (Lipinski definition) is 3. The number of nitrogens with zero attached hydrogens (tertiary/aromatic N) is 1. The maximum absolute atomic E-state index is 12.3. The molecule has 110 valence electrons. The van der Waals surface area contributed by atoms with E-state index < -0.39 is 0 Å². The molecule has 0 aliphatic carbocycles. The lowest BCUT2D eigenvalue weighted by Crippen LogP contribution is -2.10. The monoisotopic (exact) mass is 347 g/mol. The molecule has 0 fully saturated rings. The van der Waals surface area contributed by atoms with Crippen LogP contribution in [-0.4, -0.2) is 17.9 Å². The number of ether oxygens (including phenoxy) is 1. The van der Waals surface area contributed by atoms with Gasteiger partial charge in [0.05, 0.1) is 12.8 Å². The van der Waals surface area contributed by atoms with E-state index >= 15 is 0 Å². The Morgan fingerprint density at radius 2 is 1.95 bits per heavy atom. The molecule has 4 heteroatoms. The Labute approximate surface area is 133 Å². The summed E-state index contributed by atoms with van der Waals surface area (Å²) >= 11 is 3.47. The summed E-state index contributed by atoms with van der Waals surface area (Å²) in [7, 11) is 1.64. The van der Waals surface area contributed by atoms with E-state index in [0.717, 1.165) is 32.6 Å². The number of rotatable bonds is 5. The molecule has 1 heterocycles. The number of aromatic nitrogens is 1. The number of carbonyl (C=O) groups is 1. The van der Waals surface area contributed by atoms with E-state index in [9.17, 15) is 4.79 Å². The van der Waals surface area contributed by atoms with Gasteiger partial charge in [-0.3, -0.25) is 9.78 Å². The van der Waals surface area contributed by atoms with E-state index in [0.29, 0.717) is 12.8 Å². The molecule has 2 rings (SSSR count). The summed E-state index contributed by atoms with van der Waals surface area (Å²) < 4.78 is 6.34. The predicted molar refractivity (Wildman–Crippen MR) is 86.8 cm³/mol. The molecule has 0 aliphatic heterocycles. The van der Waals surface area contributed by atoms with Crippen LogP contribution in [0.1, 0.15) is 22.4 Å². The van der Waals surface area contributed by atoms with Crippen LogP contribution in [-0.2, 0) is 17.6 Å². The molecule has 1 aromatic heterocycles. The van der Waals surface area contributed by atoms with Crippen LogP contribution in [0.3, 0.4) is 0 Å². The first-order chi connectivity index (χ1) is 10.0. The lowest BCUT2D eigenvalue weighted by molar-refractivity contribution is -0.117. The van der Waals surface area contributed by atoms with Gasteiger partial charge in [0, 0.05) is 34.6 Å². The minimum atomic E-state index is 0.142. The smallest absolute Gasteiger partial charge is 0.143 e. The zero-order valence-corrected chi connectivity index (χ0v) is 14.0. The number of ketones is 1. The van der Waals surface area contributed by atoms with Crippen LogP contribution in [0.4, 0.5) is 0 Å². The van der Waals surface area contributed by atoms with Crippen molar-refractivity contribution in [3.63, 3.8) is 0 Å². The van der Waals surface area contributed by atoms with E-state index in [-0.39, 0.29) is 5.78 Å². The molecule has 0 unspecified atom stereocenters. The van der Waals surface area contributed by atoms with Gasteiger partial charge in [0.1, 0.15) is 11.5 Å². The van der Waals surface area contributed by atoms with Crippen LogP contribution >= 0.6 is 15.9 Å². The van der Waals surface area contributed by atoms with Crippen LogP contribution in [0.5, 0.6) is 5.75 Å². The van der Waals surface area contributed by atoms with Crippen LogP contribution in [0.2, 0.25) is 0 Å². The van der Waals surface area contributed by atoms with Crippen molar-refractivity contribution in [2.24, 2.45) is 0 Å². The molecule has 0 aliphatic rings. The zero-order chi connectivity index (χ0) is 15.4. The Balaban J connectivity index is 2.15. The molecule has 0 saturated heterocycles. The molecule has 3 nitrogen and oxygen atoms in total. The van der Waals surface area contributed by atoms with Crippen molar-refractivity contribution in [1.82, 2.24) is 4.98 Å². The van der Waals surface area contributed by atoms with Gasteiger partial charge in [-0.25, -0.2) is 0 Å². The van der Waals surface area contributed by atoms with Crippen LogP contribution < -0.4 is 4.74 Å². The molecule has 0 N–H and O–H groups in total. The first kappa shape index (κ1) is 15.7. The summed E-state index contributed by atoms with van der Waals surface area (Å²) in [5, 5.41) is 0. The Hall–Kier alpha value is -1.68. The van der Waals surface area contributed by atoms with Gasteiger partial charge >= 0.3 is 0 Å². The first-order valence-electron chi connectivity index (χ1n) is 6.77. The maximum atomic E-state index is 12.3.